The summed E-state index contributed by atoms with van der Waals surface area (Å²) in [4.78, 5) is 4.51. The molecule has 1 aromatic carbocycles. The first-order valence-corrected chi connectivity index (χ1v) is 8.11. The molecule has 0 aliphatic heterocycles. The molecule has 0 saturated heterocycles. The molecule has 0 aliphatic rings. The third-order valence-electron chi connectivity index (χ3n) is 3.18. The van der Waals surface area contributed by atoms with E-state index in [4.69, 9.17) is 13.9 Å². The lowest BCUT2D eigenvalue weighted by Gasteiger charge is -2.12. The Morgan fingerprint density at radius 3 is 2.88 bits per heavy atom. The largest absolute Gasteiger partial charge is 0.493 e. The van der Waals surface area contributed by atoms with Gasteiger partial charge in [-0.1, -0.05) is 6.07 Å². The zero-order chi connectivity index (χ0) is 17.0. The highest BCUT2D eigenvalue weighted by Crippen LogP contribution is 2.17. The highest BCUT2D eigenvalue weighted by molar-refractivity contribution is 5.93. The molecule has 0 unspecified atom stereocenters. The van der Waals surface area contributed by atoms with E-state index >= 15 is 0 Å². The van der Waals surface area contributed by atoms with Crippen LogP contribution in [0, 0.1) is 0 Å². The lowest BCUT2D eigenvalue weighted by molar-refractivity contribution is 0.172. The highest BCUT2D eigenvalue weighted by atomic mass is 16.5. The van der Waals surface area contributed by atoms with Gasteiger partial charge in [-0.05, 0) is 31.2 Å². The van der Waals surface area contributed by atoms with E-state index in [0.717, 1.165) is 30.2 Å². The van der Waals surface area contributed by atoms with Gasteiger partial charge in [-0.15, -0.1) is 0 Å². The molecular weight excluding hydrogens is 306 g/mol. The maximum absolute atomic E-state index is 5.71. The van der Waals surface area contributed by atoms with Gasteiger partial charge in [0, 0.05) is 38.4 Å². The number of furan rings is 1. The zero-order valence-corrected chi connectivity index (χ0v) is 14.2. The monoisotopic (exact) mass is 331 g/mol. The predicted octanol–water partition coefficient (Wildman–Crippen LogP) is 3.27. The third-order valence-corrected chi connectivity index (χ3v) is 3.18. The van der Waals surface area contributed by atoms with Crippen LogP contribution in [0.2, 0.25) is 0 Å². The number of hydrogen-bond donors (Lipinski definition) is 2. The summed E-state index contributed by atoms with van der Waals surface area (Å²) in [6, 6.07) is 11.6. The molecule has 2 aromatic rings. The summed E-state index contributed by atoms with van der Waals surface area (Å²) >= 11 is 0. The smallest absolute Gasteiger partial charge is 0.196 e. The number of methoxy groups -OCH3 is 1. The molecule has 6 heteroatoms. The number of nitrogens with one attached hydrogen (secondary N) is 2. The Hall–Kier alpha value is -2.47. The van der Waals surface area contributed by atoms with E-state index in [1.165, 1.54) is 0 Å². The molecule has 0 saturated carbocycles. The molecule has 2 N–H and O–H groups in total. The number of nitrogens with zero attached hydrogens (tertiary/aromatic N) is 1. The predicted molar refractivity (Wildman–Crippen MR) is 95.6 cm³/mol. The van der Waals surface area contributed by atoms with Crippen molar-refractivity contribution >= 4 is 11.6 Å². The van der Waals surface area contributed by atoms with Crippen molar-refractivity contribution < 1.29 is 13.9 Å². The van der Waals surface area contributed by atoms with Crippen LogP contribution in [0.1, 0.15) is 19.1 Å². The van der Waals surface area contributed by atoms with Gasteiger partial charge in [0.15, 0.2) is 5.96 Å². The second-order valence-corrected chi connectivity index (χ2v) is 5.12. The van der Waals surface area contributed by atoms with Crippen LogP contribution in [0.3, 0.4) is 0 Å². The summed E-state index contributed by atoms with van der Waals surface area (Å²) in [6.07, 6.45) is 2.51. The number of rotatable bonds is 9. The SMILES string of the molecule is CCNC(=NCc1ccco1)Nc1cccc(OCCCOC)c1. The van der Waals surface area contributed by atoms with Gasteiger partial charge in [-0.2, -0.15) is 0 Å². The summed E-state index contributed by atoms with van der Waals surface area (Å²) in [7, 11) is 1.69. The van der Waals surface area contributed by atoms with Gasteiger partial charge in [-0.25, -0.2) is 4.99 Å². The first-order valence-electron chi connectivity index (χ1n) is 8.11. The molecule has 0 spiro atoms. The molecule has 0 bridgehead atoms. The zero-order valence-electron chi connectivity index (χ0n) is 14.2. The topological polar surface area (TPSA) is 68.0 Å². The Morgan fingerprint density at radius 1 is 1.21 bits per heavy atom. The molecule has 2 rings (SSSR count). The average Bonchev–Trinajstić information content (AvgIpc) is 3.11. The van der Waals surface area contributed by atoms with Gasteiger partial charge in [0.1, 0.15) is 18.1 Å². The fourth-order valence-electron chi connectivity index (χ4n) is 2.06. The minimum absolute atomic E-state index is 0.482. The second-order valence-electron chi connectivity index (χ2n) is 5.12. The molecule has 24 heavy (non-hydrogen) atoms. The van der Waals surface area contributed by atoms with E-state index in [0.29, 0.717) is 25.7 Å². The summed E-state index contributed by atoms with van der Waals surface area (Å²) in [5.74, 6) is 2.34. The Bertz CT molecular complexity index is 612. The summed E-state index contributed by atoms with van der Waals surface area (Å²) in [6.45, 7) is 4.61. The van der Waals surface area contributed by atoms with Gasteiger partial charge in [0.25, 0.3) is 0 Å². The van der Waals surface area contributed by atoms with Gasteiger partial charge >= 0.3 is 0 Å². The molecule has 1 heterocycles. The molecule has 130 valence electrons. The van der Waals surface area contributed by atoms with E-state index < -0.39 is 0 Å². The fraction of sp³-hybridized carbons (Fsp3) is 0.389. The Balaban J connectivity index is 1.94. The van der Waals surface area contributed by atoms with E-state index in [2.05, 4.69) is 15.6 Å². The Morgan fingerprint density at radius 2 is 2.12 bits per heavy atom. The maximum atomic E-state index is 5.71. The van der Waals surface area contributed by atoms with Gasteiger partial charge in [0.2, 0.25) is 0 Å². The van der Waals surface area contributed by atoms with Crippen LogP contribution < -0.4 is 15.4 Å². The number of hydrogen-bond acceptors (Lipinski definition) is 4. The summed E-state index contributed by atoms with van der Waals surface area (Å²) in [5.41, 5.74) is 0.915. The molecule has 0 radical (unpaired) electrons. The van der Waals surface area contributed by atoms with Crippen LogP contribution in [0.5, 0.6) is 5.75 Å². The standard InChI is InChI=1S/C18H25N3O3/c1-3-19-18(20-14-17-9-5-11-24-17)21-15-7-4-8-16(13-15)23-12-6-10-22-2/h4-5,7-9,11,13H,3,6,10,12,14H2,1-2H3,(H2,19,20,21). The first kappa shape index (κ1) is 17.9. The van der Waals surface area contributed by atoms with Crippen molar-refractivity contribution in [1.82, 2.24) is 5.32 Å². The minimum atomic E-state index is 0.482. The van der Waals surface area contributed by atoms with Crippen molar-refractivity contribution in [2.45, 2.75) is 19.9 Å². The number of guanidine groups is 1. The molecule has 0 aliphatic carbocycles. The lowest BCUT2D eigenvalue weighted by Crippen LogP contribution is -2.30. The Kier molecular flexibility index (Phi) is 7.70. The molecule has 1 aromatic heterocycles. The quantitative estimate of drug-likeness (QED) is 0.419. The van der Waals surface area contributed by atoms with Crippen LogP contribution in [0.25, 0.3) is 0 Å². The maximum Gasteiger partial charge on any atom is 0.196 e. The molecular formula is C18H25N3O3. The minimum Gasteiger partial charge on any atom is -0.493 e. The normalized spacial score (nSPS) is 11.3. The van der Waals surface area contributed by atoms with E-state index in [1.807, 2.05) is 43.3 Å². The van der Waals surface area contributed by atoms with Crippen LogP contribution >= 0.6 is 0 Å². The van der Waals surface area contributed by atoms with Gasteiger partial charge in [0.05, 0.1) is 12.9 Å². The average molecular weight is 331 g/mol. The van der Waals surface area contributed by atoms with Gasteiger partial charge < -0.3 is 24.5 Å². The van der Waals surface area contributed by atoms with Crippen molar-refractivity contribution in [3.05, 3.63) is 48.4 Å². The number of ether oxygens (including phenoxy) is 2. The fourth-order valence-corrected chi connectivity index (χ4v) is 2.06. The van der Waals surface area contributed by atoms with E-state index in [1.54, 1.807) is 13.4 Å². The molecule has 0 atom stereocenters. The van der Waals surface area contributed by atoms with Crippen molar-refractivity contribution in [1.29, 1.82) is 0 Å². The van der Waals surface area contributed by atoms with Crippen LogP contribution in [0.15, 0.2) is 52.1 Å². The first-order chi connectivity index (χ1) is 11.8. The van der Waals surface area contributed by atoms with Crippen molar-refractivity contribution in [3.8, 4) is 5.75 Å². The van der Waals surface area contributed by atoms with E-state index in [-0.39, 0.29) is 0 Å². The molecule has 6 nitrogen and oxygen atoms in total. The second kappa shape index (κ2) is 10.3. The van der Waals surface area contributed by atoms with Crippen molar-refractivity contribution in [2.75, 3.05) is 32.2 Å². The van der Waals surface area contributed by atoms with Crippen LogP contribution in [0.4, 0.5) is 5.69 Å². The van der Waals surface area contributed by atoms with E-state index in [9.17, 15) is 0 Å². The van der Waals surface area contributed by atoms with Crippen molar-refractivity contribution in [3.63, 3.8) is 0 Å². The third kappa shape index (κ3) is 6.34. The van der Waals surface area contributed by atoms with Crippen LogP contribution in [-0.4, -0.2) is 32.8 Å². The summed E-state index contributed by atoms with van der Waals surface area (Å²) in [5, 5.41) is 6.49. The molecule has 0 fully saturated rings. The Labute approximate surface area is 142 Å². The van der Waals surface area contributed by atoms with Crippen LogP contribution in [-0.2, 0) is 11.3 Å². The lowest BCUT2D eigenvalue weighted by atomic mass is 10.3. The number of anilines is 1. The molecule has 0 amide bonds. The highest BCUT2D eigenvalue weighted by Gasteiger charge is 2.02. The van der Waals surface area contributed by atoms with Crippen molar-refractivity contribution in [2.24, 2.45) is 4.99 Å². The van der Waals surface area contributed by atoms with Gasteiger partial charge in [-0.3, -0.25) is 0 Å². The number of benzene rings is 1. The number of aliphatic imine (C=N–C) groups is 1. The summed E-state index contributed by atoms with van der Waals surface area (Å²) < 4.78 is 16.0.